The van der Waals surface area contributed by atoms with Gasteiger partial charge in [-0.25, -0.2) is 19.8 Å². The number of nitrogens with one attached hydrogen (secondary N) is 2. The molecule has 37 heavy (non-hydrogen) atoms. The van der Waals surface area contributed by atoms with Crippen LogP contribution in [0.4, 0.5) is 28.8 Å². The van der Waals surface area contributed by atoms with E-state index in [4.69, 9.17) is 11.6 Å². The third-order valence-electron chi connectivity index (χ3n) is 6.26. The molecule has 2 N–H and O–H groups in total. The Morgan fingerprint density at radius 1 is 1.05 bits per heavy atom. The molecule has 1 saturated heterocycles. The summed E-state index contributed by atoms with van der Waals surface area (Å²) < 4.78 is 0. The highest BCUT2D eigenvalue weighted by atomic mass is 16.1. The number of rotatable bonds is 6. The van der Waals surface area contributed by atoms with Gasteiger partial charge in [-0.1, -0.05) is 36.9 Å². The van der Waals surface area contributed by atoms with Gasteiger partial charge in [-0.3, -0.25) is 4.79 Å². The highest BCUT2D eigenvalue weighted by molar-refractivity contribution is 6.00. The second-order valence-corrected chi connectivity index (χ2v) is 8.81. The molecular weight excluding hydrogens is 464 g/mol. The predicted molar refractivity (Wildman–Crippen MR) is 147 cm³/mol. The fourth-order valence-electron chi connectivity index (χ4n) is 4.29. The van der Waals surface area contributed by atoms with Crippen molar-refractivity contribution in [2.75, 3.05) is 48.8 Å². The maximum atomic E-state index is 11.7. The summed E-state index contributed by atoms with van der Waals surface area (Å²) in [5.41, 5.74) is 4.39. The Bertz CT molecular complexity index is 1520. The Labute approximate surface area is 215 Å². The second kappa shape index (κ2) is 10.4. The van der Waals surface area contributed by atoms with Gasteiger partial charge in [0.05, 0.1) is 12.1 Å². The number of piperazine rings is 1. The maximum absolute atomic E-state index is 11.7. The minimum absolute atomic E-state index is 0.269. The summed E-state index contributed by atoms with van der Waals surface area (Å²) in [5.74, 6) is 0.842. The maximum Gasteiger partial charge on any atom is 0.247 e. The topological polar surface area (TPSA) is 90.6 Å². The number of fused-ring (bicyclic) bond motifs is 1. The van der Waals surface area contributed by atoms with E-state index in [1.165, 1.54) is 6.08 Å². The fourth-order valence-corrected chi connectivity index (χ4v) is 4.29. The third-order valence-corrected chi connectivity index (χ3v) is 6.26. The van der Waals surface area contributed by atoms with Gasteiger partial charge < -0.3 is 20.4 Å². The van der Waals surface area contributed by atoms with E-state index in [-0.39, 0.29) is 5.91 Å². The summed E-state index contributed by atoms with van der Waals surface area (Å²) in [5, 5.41) is 6.89. The largest absolute Gasteiger partial charge is 0.363 e. The highest BCUT2D eigenvalue weighted by Gasteiger charge is 2.19. The average molecular weight is 491 g/mol. The van der Waals surface area contributed by atoms with Gasteiger partial charge >= 0.3 is 0 Å². The first-order valence-electron chi connectivity index (χ1n) is 11.9. The lowest BCUT2D eigenvalue weighted by Crippen LogP contribution is -2.44. The molecule has 9 nitrogen and oxygen atoms in total. The quantitative estimate of drug-likeness (QED) is 0.295. The third kappa shape index (κ3) is 5.24. The zero-order valence-electron chi connectivity index (χ0n) is 20.5. The van der Waals surface area contributed by atoms with Crippen molar-refractivity contribution >= 4 is 45.6 Å². The molecule has 1 amide bonds. The normalized spacial score (nSPS) is 13.7. The van der Waals surface area contributed by atoms with Crippen LogP contribution in [-0.2, 0) is 4.79 Å². The monoisotopic (exact) mass is 490 g/mol. The standard InChI is InChI=1S/C28H26N8O/c1-4-25(37)32-21-9-5-7-19(15-21)23-10-6-8-20-17-31-28(34-26(20)23)33-22-16-24(29-2)27(30-18-22)36-13-11-35(3)12-14-36/h4-10,15-18H,1,11-14H2,3H3,(H,32,37)(H,31,33,34). The molecule has 0 atom stereocenters. The van der Waals surface area contributed by atoms with Crippen LogP contribution in [0.5, 0.6) is 0 Å². The SMILES string of the molecule is [C-]#[N+]c1cc(Nc2ncc3cccc(-c4cccc(NC(=O)C=C)c4)c3n2)cnc1N1CCN(C)CC1. The number of hydrogen-bond acceptors (Lipinski definition) is 7. The zero-order chi connectivity index (χ0) is 25.8. The van der Waals surface area contributed by atoms with E-state index in [1.807, 2.05) is 42.5 Å². The fraction of sp³-hybridized carbons (Fsp3) is 0.179. The molecule has 3 heterocycles. The number of likely N-dealkylation sites (N-methyl/N-ethyl adjacent to an activating group) is 1. The van der Waals surface area contributed by atoms with Crippen molar-refractivity contribution < 1.29 is 4.79 Å². The van der Waals surface area contributed by atoms with Crippen molar-refractivity contribution in [3.05, 3.63) is 85.0 Å². The van der Waals surface area contributed by atoms with Gasteiger partial charge in [0.2, 0.25) is 17.5 Å². The summed E-state index contributed by atoms with van der Waals surface area (Å²) in [6, 6.07) is 15.3. The van der Waals surface area contributed by atoms with E-state index in [9.17, 15) is 4.79 Å². The predicted octanol–water partition coefficient (Wildman–Crippen LogP) is 4.86. The number of amides is 1. The van der Waals surface area contributed by atoms with Crippen LogP contribution in [0.2, 0.25) is 0 Å². The van der Waals surface area contributed by atoms with Crippen LogP contribution < -0.4 is 15.5 Å². The van der Waals surface area contributed by atoms with E-state index in [0.717, 1.165) is 48.2 Å². The molecular formula is C28H26N8O. The Morgan fingerprint density at radius 2 is 1.86 bits per heavy atom. The first-order chi connectivity index (χ1) is 18.0. The number of pyridine rings is 1. The van der Waals surface area contributed by atoms with E-state index in [2.05, 4.69) is 48.9 Å². The van der Waals surface area contributed by atoms with Crippen LogP contribution in [0.3, 0.4) is 0 Å². The van der Waals surface area contributed by atoms with Gasteiger partial charge in [0.1, 0.15) is 5.82 Å². The van der Waals surface area contributed by atoms with Crippen LogP contribution in [0, 0.1) is 6.57 Å². The summed E-state index contributed by atoms with van der Waals surface area (Å²) in [4.78, 5) is 33.7. The lowest BCUT2D eigenvalue weighted by molar-refractivity contribution is -0.111. The molecule has 4 aromatic rings. The van der Waals surface area contributed by atoms with Crippen molar-refractivity contribution in [1.29, 1.82) is 0 Å². The Morgan fingerprint density at radius 3 is 2.65 bits per heavy atom. The molecule has 0 bridgehead atoms. The number of para-hydroxylation sites is 1. The number of benzene rings is 2. The molecule has 2 aromatic carbocycles. The second-order valence-electron chi connectivity index (χ2n) is 8.81. The van der Waals surface area contributed by atoms with Crippen molar-refractivity contribution in [1.82, 2.24) is 19.9 Å². The van der Waals surface area contributed by atoms with E-state index in [1.54, 1.807) is 18.5 Å². The van der Waals surface area contributed by atoms with Gasteiger partial charge in [0.15, 0.2) is 0 Å². The molecule has 1 aliphatic rings. The first kappa shape index (κ1) is 23.9. The van der Waals surface area contributed by atoms with Gasteiger partial charge in [-0.2, -0.15) is 0 Å². The van der Waals surface area contributed by atoms with Crippen LogP contribution in [0.25, 0.3) is 26.9 Å². The zero-order valence-corrected chi connectivity index (χ0v) is 20.5. The Balaban J connectivity index is 1.44. The van der Waals surface area contributed by atoms with Crippen LogP contribution in [0.1, 0.15) is 0 Å². The summed E-state index contributed by atoms with van der Waals surface area (Å²) in [6.07, 6.45) is 4.72. The molecule has 2 aromatic heterocycles. The number of nitrogens with zero attached hydrogens (tertiary/aromatic N) is 6. The van der Waals surface area contributed by atoms with Gasteiger partial charge in [0, 0.05) is 60.9 Å². The van der Waals surface area contributed by atoms with Crippen molar-refractivity contribution in [2.24, 2.45) is 0 Å². The van der Waals surface area contributed by atoms with Crippen LogP contribution in [-0.4, -0.2) is 59.0 Å². The van der Waals surface area contributed by atoms with Gasteiger partial charge in [-0.05, 0) is 36.9 Å². The Kier molecular flexibility index (Phi) is 6.74. The van der Waals surface area contributed by atoms with Gasteiger partial charge in [0.25, 0.3) is 0 Å². The molecule has 0 radical (unpaired) electrons. The van der Waals surface area contributed by atoms with E-state index >= 15 is 0 Å². The first-order valence-corrected chi connectivity index (χ1v) is 11.9. The molecule has 0 saturated carbocycles. The number of aromatic nitrogens is 3. The molecule has 1 aliphatic heterocycles. The van der Waals surface area contributed by atoms with Crippen LogP contribution in [0.15, 0.2) is 73.6 Å². The minimum atomic E-state index is -0.269. The smallest absolute Gasteiger partial charge is 0.247 e. The Hall–Kier alpha value is -4.81. The lowest BCUT2D eigenvalue weighted by Gasteiger charge is -2.33. The number of anilines is 4. The van der Waals surface area contributed by atoms with Crippen molar-refractivity contribution in [3.63, 3.8) is 0 Å². The minimum Gasteiger partial charge on any atom is -0.363 e. The summed E-state index contributed by atoms with van der Waals surface area (Å²) in [7, 11) is 2.10. The number of hydrogen-bond donors (Lipinski definition) is 2. The summed E-state index contributed by atoms with van der Waals surface area (Å²) >= 11 is 0. The van der Waals surface area contributed by atoms with Crippen molar-refractivity contribution in [2.45, 2.75) is 0 Å². The molecule has 0 aliphatic carbocycles. The van der Waals surface area contributed by atoms with Gasteiger partial charge in [-0.15, -0.1) is 0 Å². The lowest BCUT2D eigenvalue weighted by atomic mass is 10.0. The van der Waals surface area contributed by atoms with Crippen LogP contribution >= 0.6 is 0 Å². The van der Waals surface area contributed by atoms with Crippen molar-refractivity contribution in [3.8, 4) is 11.1 Å². The molecule has 5 rings (SSSR count). The highest BCUT2D eigenvalue weighted by Crippen LogP contribution is 2.32. The molecule has 0 spiro atoms. The molecule has 184 valence electrons. The number of carbonyl (C=O) groups excluding carboxylic acids is 1. The average Bonchev–Trinajstić information content (AvgIpc) is 2.93. The summed E-state index contributed by atoms with van der Waals surface area (Å²) in [6.45, 7) is 14.7. The molecule has 0 unspecified atom stereocenters. The number of carbonyl (C=O) groups is 1. The molecule has 9 heteroatoms. The van der Waals surface area contributed by atoms with E-state index < -0.39 is 0 Å². The molecule has 1 fully saturated rings. The van der Waals surface area contributed by atoms with E-state index in [0.29, 0.717) is 28.8 Å².